The molecule has 20 heavy (non-hydrogen) atoms. The lowest BCUT2D eigenvalue weighted by Crippen LogP contribution is -2.56. The molecule has 0 aromatic rings. The lowest BCUT2D eigenvalue weighted by atomic mass is 10.0. The van der Waals surface area contributed by atoms with Crippen LogP contribution in [0.15, 0.2) is 0 Å². The van der Waals surface area contributed by atoms with Gasteiger partial charge in [0, 0.05) is 32.7 Å². The number of likely N-dealkylation sites (N-methyl/N-ethyl adjacent to an activating group) is 1. The highest BCUT2D eigenvalue weighted by atomic mass is 16.4. The molecule has 0 aromatic carbocycles. The largest absolute Gasteiger partial charge is 0.480 e. The molecule has 1 N–H and O–H groups in total. The fourth-order valence-corrected chi connectivity index (χ4v) is 2.98. The van der Waals surface area contributed by atoms with Crippen molar-refractivity contribution in [2.45, 2.75) is 44.7 Å². The number of carbonyl (C=O) groups is 2. The van der Waals surface area contributed by atoms with Crippen molar-refractivity contribution in [2.75, 3.05) is 33.2 Å². The molecule has 2 aliphatic heterocycles. The second kappa shape index (κ2) is 5.60. The highest BCUT2D eigenvalue weighted by Gasteiger charge is 2.39. The van der Waals surface area contributed by atoms with Crippen LogP contribution in [0.3, 0.4) is 0 Å². The van der Waals surface area contributed by atoms with Gasteiger partial charge in [-0.05, 0) is 39.7 Å². The van der Waals surface area contributed by atoms with Gasteiger partial charge in [0.15, 0.2) is 0 Å². The van der Waals surface area contributed by atoms with Crippen LogP contribution in [0.2, 0.25) is 0 Å². The van der Waals surface area contributed by atoms with Gasteiger partial charge >= 0.3 is 12.0 Å². The fourth-order valence-electron chi connectivity index (χ4n) is 2.98. The third-order valence-electron chi connectivity index (χ3n) is 4.72. The third kappa shape index (κ3) is 2.75. The van der Waals surface area contributed by atoms with Crippen molar-refractivity contribution >= 4 is 12.0 Å². The molecule has 0 spiro atoms. The van der Waals surface area contributed by atoms with E-state index in [1.54, 1.807) is 20.9 Å². The summed E-state index contributed by atoms with van der Waals surface area (Å²) in [5.74, 6) is -0.981. The minimum absolute atomic E-state index is 0.175. The summed E-state index contributed by atoms with van der Waals surface area (Å²) in [6, 6.07) is 0.272. The van der Waals surface area contributed by atoms with E-state index in [-0.39, 0.29) is 6.03 Å². The number of carboxylic acid groups (broad SMARTS) is 1. The molecule has 0 bridgehead atoms. The van der Waals surface area contributed by atoms with Crippen LogP contribution in [0, 0.1) is 0 Å². The second-order valence-corrected chi connectivity index (χ2v) is 6.34. The van der Waals surface area contributed by atoms with Gasteiger partial charge in [0.1, 0.15) is 5.54 Å². The zero-order valence-electron chi connectivity index (χ0n) is 12.6. The van der Waals surface area contributed by atoms with Crippen molar-refractivity contribution in [3.8, 4) is 0 Å². The molecule has 1 atom stereocenters. The van der Waals surface area contributed by atoms with Crippen molar-refractivity contribution in [2.24, 2.45) is 0 Å². The van der Waals surface area contributed by atoms with Gasteiger partial charge in [-0.1, -0.05) is 0 Å². The first-order valence-electron chi connectivity index (χ1n) is 7.34. The number of rotatable bonds is 2. The summed E-state index contributed by atoms with van der Waals surface area (Å²) in [5.41, 5.74) is -1.18. The van der Waals surface area contributed by atoms with Crippen molar-refractivity contribution in [3.05, 3.63) is 0 Å². The van der Waals surface area contributed by atoms with Crippen LogP contribution in [0.1, 0.15) is 33.1 Å². The van der Waals surface area contributed by atoms with Gasteiger partial charge < -0.3 is 14.9 Å². The lowest BCUT2D eigenvalue weighted by Gasteiger charge is -2.36. The molecule has 0 aromatic heterocycles. The average Bonchev–Trinajstić information content (AvgIpc) is 2.74. The fraction of sp³-hybridized carbons (Fsp3) is 0.857. The molecular weight excluding hydrogens is 258 g/mol. The number of hydrogen-bond donors (Lipinski definition) is 1. The first-order valence-corrected chi connectivity index (χ1v) is 7.34. The third-order valence-corrected chi connectivity index (χ3v) is 4.72. The molecule has 0 radical (unpaired) electrons. The molecule has 114 valence electrons. The van der Waals surface area contributed by atoms with E-state index in [1.807, 2.05) is 4.90 Å². The Morgan fingerprint density at radius 1 is 1.20 bits per heavy atom. The van der Waals surface area contributed by atoms with Gasteiger partial charge in [0.2, 0.25) is 0 Å². The maximum atomic E-state index is 12.6. The molecule has 0 saturated carbocycles. The van der Waals surface area contributed by atoms with Crippen LogP contribution in [0.5, 0.6) is 0 Å². The summed E-state index contributed by atoms with van der Waals surface area (Å²) < 4.78 is 0. The molecule has 6 nitrogen and oxygen atoms in total. The zero-order valence-corrected chi connectivity index (χ0v) is 12.6. The smallest absolute Gasteiger partial charge is 0.329 e. The first-order chi connectivity index (χ1) is 9.34. The molecule has 6 heteroatoms. The Kier molecular flexibility index (Phi) is 4.22. The molecule has 2 amide bonds. The topological polar surface area (TPSA) is 64.1 Å². The van der Waals surface area contributed by atoms with Crippen LogP contribution in [-0.4, -0.2) is 76.6 Å². The maximum Gasteiger partial charge on any atom is 0.329 e. The molecule has 2 fully saturated rings. The summed E-state index contributed by atoms with van der Waals surface area (Å²) in [5, 5.41) is 9.24. The van der Waals surface area contributed by atoms with Gasteiger partial charge in [-0.2, -0.15) is 0 Å². The molecular formula is C14H25N3O3. The van der Waals surface area contributed by atoms with Crippen LogP contribution in [-0.2, 0) is 4.79 Å². The molecule has 2 rings (SSSR count). The van der Waals surface area contributed by atoms with Gasteiger partial charge in [-0.15, -0.1) is 0 Å². The molecule has 2 aliphatic rings. The normalized spacial score (nSPS) is 24.1. The van der Waals surface area contributed by atoms with E-state index in [4.69, 9.17) is 0 Å². The van der Waals surface area contributed by atoms with E-state index in [1.165, 1.54) is 11.3 Å². The van der Waals surface area contributed by atoms with Crippen molar-refractivity contribution in [1.82, 2.24) is 14.7 Å². The first kappa shape index (κ1) is 15.1. The van der Waals surface area contributed by atoms with Gasteiger partial charge in [-0.3, -0.25) is 4.90 Å². The van der Waals surface area contributed by atoms with Crippen molar-refractivity contribution < 1.29 is 14.7 Å². The van der Waals surface area contributed by atoms with E-state index in [0.717, 1.165) is 32.5 Å². The van der Waals surface area contributed by atoms with Gasteiger partial charge in [0.05, 0.1) is 0 Å². The van der Waals surface area contributed by atoms with Crippen LogP contribution < -0.4 is 0 Å². The molecule has 0 aliphatic carbocycles. The molecule has 1 unspecified atom stereocenters. The van der Waals surface area contributed by atoms with E-state index < -0.39 is 11.5 Å². The van der Waals surface area contributed by atoms with Crippen LogP contribution in [0.4, 0.5) is 4.79 Å². The van der Waals surface area contributed by atoms with Crippen molar-refractivity contribution in [3.63, 3.8) is 0 Å². The number of aliphatic carboxylic acids is 1. The number of hydrogen-bond acceptors (Lipinski definition) is 3. The van der Waals surface area contributed by atoms with Crippen molar-refractivity contribution in [1.29, 1.82) is 0 Å². The Hall–Kier alpha value is -1.30. The summed E-state index contributed by atoms with van der Waals surface area (Å²) in [4.78, 5) is 29.5. The Morgan fingerprint density at radius 2 is 1.85 bits per heavy atom. The minimum Gasteiger partial charge on any atom is -0.480 e. The number of carboxylic acids is 1. The molecule has 2 heterocycles. The standard InChI is InChI=1S/C14H25N3O3/c1-14(2,12(18)19)15(3)13(20)17-9-5-8-16-7-4-6-11(16)10-17/h11H,4-10H2,1-3H3,(H,18,19). The minimum atomic E-state index is -1.18. The predicted molar refractivity (Wildman–Crippen MR) is 75.7 cm³/mol. The number of urea groups is 1. The maximum absolute atomic E-state index is 12.6. The zero-order chi connectivity index (χ0) is 14.9. The average molecular weight is 283 g/mol. The van der Waals surface area contributed by atoms with E-state index in [2.05, 4.69) is 4.90 Å². The predicted octanol–water partition coefficient (Wildman–Crippen LogP) is 1.07. The number of nitrogens with zero attached hydrogens (tertiary/aromatic N) is 3. The molecule has 2 saturated heterocycles. The lowest BCUT2D eigenvalue weighted by molar-refractivity contribution is -0.147. The summed E-state index contributed by atoms with van der Waals surface area (Å²) >= 11 is 0. The highest BCUT2D eigenvalue weighted by Crippen LogP contribution is 2.23. The number of amides is 2. The van der Waals surface area contributed by atoms with E-state index in [9.17, 15) is 14.7 Å². The van der Waals surface area contributed by atoms with E-state index in [0.29, 0.717) is 12.6 Å². The monoisotopic (exact) mass is 283 g/mol. The Morgan fingerprint density at radius 3 is 2.50 bits per heavy atom. The van der Waals surface area contributed by atoms with Gasteiger partial charge in [0.25, 0.3) is 0 Å². The second-order valence-electron chi connectivity index (χ2n) is 6.34. The Bertz CT molecular complexity index is 397. The number of carbonyl (C=O) groups excluding carboxylic acids is 1. The summed E-state index contributed by atoms with van der Waals surface area (Å²) in [6.07, 6.45) is 3.29. The SMILES string of the molecule is CN(C(=O)N1CCCN2CCCC2C1)C(C)(C)C(=O)O. The Balaban J connectivity index is 2.06. The van der Waals surface area contributed by atoms with Crippen LogP contribution in [0.25, 0.3) is 0 Å². The van der Waals surface area contributed by atoms with Crippen LogP contribution >= 0.6 is 0 Å². The number of fused-ring (bicyclic) bond motifs is 1. The highest BCUT2D eigenvalue weighted by molar-refractivity contribution is 5.85. The van der Waals surface area contributed by atoms with Gasteiger partial charge in [-0.25, -0.2) is 9.59 Å². The summed E-state index contributed by atoms with van der Waals surface area (Å²) in [7, 11) is 1.58. The summed E-state index contributed by atoms with van der Waals surface area (Å²) in [6.45, 7) is 6.73. The van der Waals surface area contributed by atoms with E-state index >= 15 is 0 Å². The Labute approximate surface area is 120 Å². The quantitative estimate of drug-likeness (QED) is 0.823.